The van der Waals surface area contributed by atoms with E-state index in [2.05, 4.69) is 12.1 Å². The average molecular weight is 444 g/mol. The van der Waals surface area contributed by atoms with E-state index in [0.717, 1.165) is 54.8 Å². The molecule has 0 N–H and O–H groups in total. The maximum Gasteiger partial charge on any atom is 0.253 e. The fourth-order valence-corrected chi connectivity index (χ4v) is 4.64. The van der Waals surface area contributed by atoms with Crippen LogP contribution in [0, 0.1) is 18.8 Å². The number of likely N-dealkylation sites (tertiary alicyclic amines) is 1. The van der Waals surface area contributed by atoms with Crippen LogP contribution in [0.25, 0.3) is 22.5 Å². The number of aromatic nitrogens is 2. The summed E-state index contributed by atoms with van der Waals surface area (Å²) in [6.07, 6.45) is 2.98. The number of benzene rings is 2. The topological polar surface area (TPSA) is 64.4 Å². The highest BCUT2D eigenvalue weighted by molar-refractivity contribution is 5.81. The van der Waals surface area contributed by atoms with Crippen LogP contribution < -0.4 is 10.3 Å². The van der Waals surface area contributed by atoms with E-state index >= 15 is 0 Å². The molecule has 1 saturated carbocycles. The van der Waals surface area contributed by atoms with Crippen molar-refractivity contribution in [3.8, 4) is 28.3 Å². The molecule has 2 aromatic carbocycles. The van der Waals surface area contributed by atoms with Crippen LogP contribution in [0.4, 0.5) is 0 Å². The van der Waals surface area contributed by atoms with Crippen molar-refractivity contribution in [3.05, 3.63) is 70.6 Å². The molecule has 33 heavy (non-hydrogen) atoms. The fourth-order valence-electron chi connectivity index (χ4n) is 4.64. The number of aryl methyl sites for hydroxylation is 1. The number of ether oxygens (including phenoxy) is 1. The van der Waals surface area contributed by atoms with E-state index in [-0.39, 0.29) is 17.4 Å². The molecule has 0 radical (unpaired) electrons. The van der Waals surface area contributed by atoms with Crippen molar-refractivity contribution in [3.63, 3.8) is 0 Å². The van der Waals surface area contributed by atoms with E-state index < -0.39 is 0 Å². The first-order chi connectivity index (χ1) is 16.0. The number of hydrogen-bond donors (Lipinski definition) is 0. The summed E-state index contributed by atoms with van der Waals surface area (Å²) in [5.74, 6) is 2.32. The summed E-state index contributed by atoms with van der Waals surface area (Å²) in [7, 11) is 1.66. The molecule has 1 aliphatic carbocycles. The van der Waals surface area contributed by atoms with Crippen molar-refractivity contribution in [2.24, 2.45) is 11.8 Å². The van der Waals surface area contributed by atoms with Crippen LogP contribution >= 0.6 is 0 Å². The van der Waals surface area contributed by atoms with E-state index in [0.29, 0.717) is 24.0 Å². The predicted molar refractivity (Wildman–Crippen MR) is 128 cm³/mol. The Labute approximate surface area is 193 Å². The molecule has 6 nitrogen and oxygen atoms in total. The highest BCUT2D eigenvalue weighted by Crippen LogP contribution is 2.33. The first-order valence-corrected chi connectivity index (χ1v) is 11.6. The Morgan fingerprint density at radius 3 is 2.27 bits per heavy atom. The highest BCUT2D eigenvalue weighted by Gasteiger charge is 2.36. The second-order valence-corrected chi connectivity index (χ2v) is 9.19. The van der Waals surface area contributed by atoms with E-state index in [1.165, 1.54) is 0 Å². The molecule has 3 aromatic rings. The average Bonchev–Trinajstić information content (AvgIpc) is 3.58. The zero-order valence-corrected chi connectivity index (χ0v) is 19.2. The maximum atomic E-state index is 12.9. The molecule has 1 saturated heterocycles. The van der Waals surface area contributed by atoms with Gasteiger partial charge in [-0.1, -0.05) is 36.4 Å². The Kier molecular flexibility index (Phi) is 5.75. The Bertz CT molecular complexity index is 1210. The fraction of sp³-hybridized carbons (Fsp3) is 0.370. The molecule has 0 spiro atoms. The van der Waals surface area contributed by atoms with Gasteiger partial charge in [0.2, 0.25) is 5.91 Å². The summed E-state index contributed by atoms with van der Waals surface area (Å²) in [5.41, 5.74) is 3.78. The van der Waals surface area contributed by atoms with Crippen LogP contribution in [0.2, 0.25) is 0 Å². The molecule has 170 valence electrons. The standard InChI is InChI=1S/C27H29N3O3/c1-18-15-25(31)30(17-19-13-14-29(16-19)27(32)23-7-8-23)26(28-18)22-5-3-20(4-6-22)21-9-11-24(33-2)12-10-21/h3-6,9-12,15,19,23H,7-8,13-14,16-17H2,1-2H3/t19-/m1/s1. The molecule has 6 heteroatoms. The van der Waals surface area contributed by atoms with Gasteiger partial charge in [0.25, 0.3) is 5.56 Å². The van der Waals surface area contributed by atoms with Gasteiger partial charge >= 0.3 is 0 Å². The van der Waals surface area contributed by atoms with E-state index in [9.17, 15) is 9.59 Å². The van der Waals surface area contributed by atoms with Crippen LogP contribution in [0.1, 0.15) is 25.0 Å². The van der Waals surface area contributed by atoms with Gasteiger partial charge in [-0.3, -0.25) is 14.2 Å². The van der Waals surface area contributed by atoms with Crippen molar-refractivity contribution >= 4 is 5.91 Å². The van der Waals surface area contributed by atoms with Crippen molar-refractivity contribution < 1.29 is 9.53 Å². The molecule has 0 bridgehead atoms. The maximum absolute atomic E-state index is 12.9. The second kappa shape index (κ2) is 8.85. The van der Waals surface area contributed by atoms with Crippen LogP contribution in [0.3, 0.4) is 0 Å². The predicted octanol–water partition coefficient (Wildman–Crippen LogP) is 4.15. The molecule has 5 rings (SSSR count). The number of methoxy groups -OCH3 is 1. The lowest BCUT2D eigenvalue weighted by atomic mass is 10.0. The molecular weight excluding hydrogens is 414 g/mol. The number of amides is 1. The Balaban J connectivity index is 1.39. The van der Waals surface area contributed by atoms with Gasteiger partial charge in [0, 0.05) is 42.9 Å². The van der Waals surface area contributed by atoms with Crippen molar-refractivity contribution in [2.75, 3.05) is 20.2 Å². The highest BCUT2D eigenvalue weighted by atomic mass is 16.5. The number of rotatable bonds is 6. The van der Waals surface area contributed by atoms with Gasteiger partial charge in [-0.2, -0.15) is 0 Å². The van der Waals surface area contributed by atoms with E-state index in [4.69, 9.17) is 9.72 Å². The van der Waals surface area contributed by atoms with Crippen molar-refractivity contribution in [1.82, 2.24) is 14.5 Å². The smallest absolute Gasteiger partial charge is 0.253 e. The Hall–Kier alpha value is -3.41. The molecule has 2 heterocycles. The summed E-state index contributed by atoms with van der Waals surface area (Å²) in [5, 5.41) is 0. The van der Waals surface area contributed by atoms with Crippen LogP contribution in [-0.2, 0) is 11.3 Å². The molecule has 1 aliphatic heterocycles. The molecule has 1 aromatic heterocycles. The van der Waals surface area contributed by atoms with Gasteiger partial charge in [-0.05, 0) is 55.4 Å². The SMILES string of the molecule is COc1ccc(-c2ccc(-c3nc(C)cc(=O)n3C[C@@H]3CCN(C(=O)C4CC4)C3)cc2)cc1. The number of carbonyl (C=O) groups excluding carboxylic acids is 1. The van der Waals surface area contributed by atoms with Crippen LogP contribution in [-0.4, -0.2) is 40.6 Å². The lowest BCUT2D eigenvalue weighted by Gasteiger charge is -2.18. The van der Waals surface area contributed by atoms with Gasteiger partial charge in [0.05, 0.1) is 7.11 Å². The molecule has 0 unspecified atom stereocenters. The first-order valence-electron chi connectivity index (χ1n) is 11.6. The minimum absolute atomic E-state index is 0.0382. The molecule has 1 amide bonds. The van der Waals surface area contributed by atoms with Gasteiger partial charge < -0.3 is 9.64 Å². The lowest BCUT2D eigenvalue weighted by molar-refractivity contribution is -0.131. The summed E-state index contributed by atoms with van der Waals surface area (Å²) >= 11 is 0. The Morgan fingerprint density at radius 1 is 1.00 bits per heavy atom. The van der Waals surface area contributed by atoms with E-state index in [1.54, 1.807) is 17.7 Å². The van der Waals surface area contributed by atoms with E-state index in [1.807, 2.05) is 48.2 Å². The minimum atomic E-state index is -0.0382. The van der Waals surface area contributed by atoms with Crippen molar-refractivity contribution in [1.29, 1.82) is 0 Å². The van der Waals surface area contributed by atoms with Crippen LogP contribution in [0.5, 0.6) is 5.75 Å². The second-order valence-electron chi connectivity index (χ2n) is 9.19. The normalized spacial score (nSPS) is 17.9. The third-order valence-electron chi connectivity index (χ3n) is 6.67. The molecule has 2 fully saturated rings. The zero-order chi connectivity index (χ0) is 22.9. The largest absolute Gasteiger partial charge is 0.497 e. The summed E-state index contributed by atoms with van der Waals surface area (Å²) in [6.45, 7) is 3.95. The van der Waals surface area contributed by atoms with Gasteiger partial charge in [-0.15, -0.1) is 0 Å². The quantitative estimate of drug-likeness (QED) is 0.574. The Morgan fingerprint density at radius 2 is 1.64 bits per heavy atom. The lowest BCUT2D eigenvalue weighted by Crippen LogP contribution is -2.32. The summed E-state index contributed by atoms with van der Waals surface area (Å²) in [4.78, 5) is 32.1. The van der Waals surface area contributed by atoms with Crippen molar-refractivity contribution in [2.45, 2.75) is 32.7 Å². The first kappa shape index (κ1) is 21.4. The van der Waals surface area contributed by atoms with Gasteiger partial charge in [0.1, 0.15) is 11.6 Å². The third kappa shape index (κ3) is 4.56. The molecular formula is C27H29N3O3. The molecule has 1 atom stereocenters. The number of hydrogen-bond acceptors (Lipinski definition) is 4. The summed E-state index contributed by atoms with van der Waals surface area (Å²) < 4.78 is 7.03. The van der Waals surface area contributed by atoms with Crippen LogP contribution in [0.15, 0.2) is 59.4 Å². The molecule has 2 aliphatic rings. The number of nitrogens with zero attached hydrogens (tertiary/aromatic N) is 3. The zero-order valence-electron chi connectivity index (χ0n) is 19.2. The van der Waals surface area contributed by atoms with Gasteiger partial charge in [0.15, 0.2) is 0 Å². The third-order valence-corrected chi connectivity index (χ3v) is 6.67. The van der Waals surface area contributed by atoms with Gasteiger partial charge in [-0.25, -0.2) is 4.98 Å². The summed E-state index contributed by atoms with van der Waals surface area (Å²) in [6, 6.07) is 17.7. The monoisotopic (exact) mass is 443 g/mol. The minimum Gasteiger partial charge on any atom is -0.497 e. The number of carbonyl (C=O) groups is 1.